The molecule has 4 nitrogen and oxygen atoms in total. The maximum absolute atomic E-state index is 12.5. The Kier molecular flexibility index (Phi) is 4.81. The van der Waals surface area contributed by atoms with E-state index in [0.717, 1.165) is 18.5 Å². The molecule has 0 amide bonds. The summed E-state index contributed by atoms with van der Waals surface area (Å²) in [5.41, 5.74) is 2.17. The predicted molar refractivity (Wildman–Crippen MR) is 75.6 cm³/mol. The van der Waals surface area contributed by atoms with E-state index in [2.05, 4.69) is 10.1 Å². The number of nitrogens with zero attached hydrogens (tertiary/aromatic N) is 4. The fourth-order valence-corrected chi connectivity index (χ4v) is 2.61. The third-order valence-electron chi connectivity index (χ3n) is 3.29. The first-order valence-corrected chi connectivity index (χ1v) is 7.44. The van der Waals surface area contributed by atoms with Crippen LogP contribution >= 0.6 is 11.6 Å². The van der Waals surface area contributed by atoms with Gasteiger partial charge in [-0.15, -0.1) is 11.6 Å². The van der Waals surface area contributed by atoms with Crippen molar-refractivity contribution in [1.29, 1.82) is 0 Å². The summed E-state index contributed by atoms with van der Waals surface area (Å²) in [5, 5.41) is 4.36. The summed E-state index contributed by atoms with van der Waals surface area (Å²) in [4.78, 5) is 4.47. The van der Waals surface area contributed by atoms with E-state index in [0.29, 0.717) is 29.3 Å². The molecule has 0 aliphatic rings. The van der Waals surface area contributed by atoms with Crippen LogP contribution in [0.25, 0.3) is 11.2 Å². The molecule has 0 saturated heterocycles. The Bertz CT molecular complexity index is 615. The van der Waals surface area contributed by atoms with Crippen molar-refractivity contribution in [3.8, 4) is 0 Å². The zero-order chi connectivity index (χ0) is 15.6. The topological polar surface area (TPSA) is 35.6 Å². The van der Waals surface area contributed by atoms with E-state index < -0.39 is 12.6 Å². The van der Waals surface area contributed by atoms with Crippen LogP contribution in [0.5, 0.6) is 0 Å². The Labute approximate surface area is 125 Å². The van der Waals surface area contributed by atoms with Crippen molar-refractivity contribution in [2.45, 2.75) is 45.3 Å². The molecule has 118 valence electrons. The molecular weight excluding hydrogens is 305 g/mol. The van der Waals surface area contributed by atoms with Crippen molar-refractivity contribution in [2.75, 3.05) is 5.88 Å². The number of alkyl halides is 4. The zero-order valence-electron chi connectivity index (χ0n) is 12.0. The Hall–Kier alpha value is -1.24. The third-order valence-corrected chi connectivity index (χ3v) is 3.48. The summed E-state index contributed by atoms with van der Waals surface area (Å²) >= 11 is 5.74. The van der Waals surface area contributed by atoms with Gasteiger partial charge in [-0.3, -0.25) is 4.68 Å². The van der Waals surface area contributed by atoms with E-state index in [1.165, 1.54) is 0 Å². The van der Waals surface area contributed by atoms with Crippen LogP contribution in [0.3, 0.4) is 0 Å². The fraction of sp³-hybridized carbons (Fsp3) is 0.692. The van der Waals surface area contributed by atoms with Gasteiger partial charge in [0.1, 0.15) is 11.3 Å². The van der Waals surface area contributed by atoms with E-state index in [1.54, 1.807) is 16.3 Å². The lowest BCUT2D eigenvalue weighted by atomic mass is 10.2. The lowest BCUT2D eigenvalue weighted by Gasteiger charge is -2.11. The van der Waals surface area contributed by atoms with Gasteiger partial charge < -0.3 is 4.57 Å². The van der Waals surface area contributed by atoms with Gasteiger partial charge in [0, 0.05) is 25.9 Å². The van der Waals surface area contributed by atoms with E-state index in [4.69, 9.17) is 11.6 Å². The molecule has 8 heteroatoms. The number of hydrogen-bond acceptors (Lipinski definition) is 2. The first kappa shape index (κ1) is 16.1. The molecule has 21 heavy (non-hydrogen) atoms. The number of aromatic nitrogens is 4. The van der Waals surface area contributed by atoms with E-state index in [1.807, 2.05) is 6.92 Å². The highest BCUT2D eigenvalue weighted by Crippen LogP contribution is 2.25. The molecule has 0 aliphatic carbocycles. The van der Waals surface area contributed by atoms with Crippen LogP contribution in [-0.2, 0) is 26.4 Å². The van der Waals surface area contributed by atoms with Crippen molar-refractivity contribution >= 4 is 22.8 Å². The normalized spacial score (nSPS) is 12.5. The van der Waals surface area contributed by atoms with Crippen LogP contribution in [0, 0.1) is 0 Å². The molecule has 2 heterocycles. The molecule has 0 N–H and O–H groups in total. The van der Waals surface area contributed by atoms with Crippen molar-refractivity contribution in [3.63, 3.8) is 0 Å². The highest BCUT2D eigenvalue weighted by molar-refractivity contribution is 6.17. The maximum atomic E-state index is 12.5. The van der Waals surface area contributed by atoms with Gasteiger partial charge in [0.2, 0.25) is 0 Å². The van der Waals surface area contributed by atoms with Crippen LogP contribution in [-0.4, -0.2) is 31.4 Å². The smallest absolute Gasteiger partial charge is 0.313 e. The molecule has 2 aromatic rings. The molecule has 0 bridgehead atoms. The maximum Gasteiger partial charge on any atom is 0.390 e. The second-order valence-electron chi connectivity index (χ2n) is 4.98. The van der Waals surface area contributed by atoms with Crippen LogP contribution in [0.15, 0.2) is 0 Å². The predicted octanol–water partition coefficient (Wildman–Crippen LogP) is 3.46. The van der Waals surface area contributed by atoms with Crippen molar-refractivity contribution in [1.82, 2.24) is 19.3 Å². The van der Waals surface area contributed by atoms with Crippen LogP contribution < -0.4 is 0 Å². The lowest BCUT2D eigenvalue weighted by molar-refractivity contribution is -0.136. The van der Waals surface area contributed by atoms with Gasteiger partial charge in [-0.05, 0) is 6.42 Å². The summed E-state index contributed by atoms with van der Waals surface area (Å²) in [5.74, 6) is 0.918. The highest BCUT2D eigenvalue weighted by Gasteiger charge is 2.28. The lowest BCUT2D eigenvalue weighted by Crippen LogP contribution is -2.15. The summed E-state index contributed by atoms with van der Waals surface area (Å²) in [6.45, 7) is 1.87. The molecule has 0 fully saturated rings. The molecule has 0 radical (unpaired) electrons. The van der Waals surface area contributed by atoms with Crippen molar-refractivity contribution in [2.24, 2.45) is 7.05 Å². The Morgan fingerprint density at radius 1 is 1.24 bits per heavy atom. The summed E-state index contributed by atoms with van der Waals surface area (Å²) in [6, 6.07) is 0. The monoisotopic (exact) mass is 322 g/mol. The molecule has 0 aliphatic heterocycles. The standard InChI is InChI=1S/C13H18ClF3N4/c1-3-4-9-11-12(20(2)19-9)21(8-6-13(15,16)17)10(18-11)5-7-14/h3-8H2,1-2H3. The van der Waals surface area contributed by atoms with Gasteiger partial charge in [-0.1, -0.05) is 13.3 Å². The average Bonchev–Trinajstić information content (AvgIpc) is 2.87. The number of halogens is 4. The molecule has 2 rings (SSSR count). The Morgan fingerprint density at radius 3 is 2.52 bits per heavy atom. The molecule has 0 unspecified atom stereocenters. The van der Waals surface area contributed by atoms with Gasteiger partial charge >= 0.3 is 6.18 Å². The number of rotatable bonds is 6. The van der Waals surface area contributed by atoms with Gasteiger partial charge in [0.05, 0.1) is 12.1 Å². The second kappa shape index (κ2) is 6.25. The van der Waals surface area contributed by atoms with Crippen molar-refractivity contribution < 1.29 is 13.2 Å². The van der Waals surface area contributed by atoms with Gasteiger partial charge in [0.25, 0.3) is 0 Å². The van der Waals surface area contributed by atoms with Crippen LogP contribution in [0.4, 0.5) is 13.2 Å². The largest absolute Gasteiger partial charge is 0.390 e. The van der Waals surface area contributed by atoms with Gasteiger partial charge in [-0.25, -0.2) is 4.98 Å². The van der Waals surface area contributed by atoms with Crippen molar-refractivity contribution in [3.05, 3.63) is 11.5 Å². The molecule has 0 saturated carbocycles. The van der Waals surface area contributed by atoms with E-state index in [9.17, 15) is 13.2 Å². The van der Waals surface area contributed by atoms with Crippen LogP contribution in [0.1, 0.15) is 31.3 Å². The van der Waals surface area contributed by atoms with E-state index in [-0.39, 0.29) is 6.54 Å². The SMILES string of the molecule is CCCc1nn(C)c2c1nc(CCCl)n2CCC(F)(F)F. The average molecular weight is 323 g/mol. The zero-order valence-corrected chi connectivity index (χ0v) is 12.8. The number of aryl methyl sites for hydroxylation is 4. The van der Waals surface area contributed by atoms with Gasteiger partial charge in [0.15, 0.2) is 5.65 Å². The summed E-state index contributed by atoms with van der Waals surface area (Å²) < 4.78 is 40.7. The molecule has 2 aromatic heterocycles. The summed E-state index contributed by atoms with van der Waals surface area (Å²) in [7, 11) is 1.73. The summed E-state index contributed by atoms with van der Waals surface area (Å²) in [6.07, 6.45) is -2.97. The number of fused-ring (bicyclic) bond motifs is 1. The van der Waals surface area contributed by atoms with E-state index >= 15 is 0 Å². The molecule has 0 atom stereocenters. The first-order chi connectivity index (χ1) is 9.87. The number of imidazole rings is 1. The minimum absolute atomic E-state index is 0.155. The third kappa shape index (κ3) is 3.51. The van der Waals surface area contributed by atoms with Crippen LogP contribution in [0.2, 0.25) is 0 Å². The molecular formula is C13H18ClF3N4. The number of hydrogen-bond donors (Lipinski definition) is 0. The minimum Gasteiger partial charge on any atom is -0.313 e. The fourth-order valence-electron chi connectivity index (χ4n) is 2.44. The molecule has 0 aromatic carbocycles. The second-order valence-corrected chi connectivity index (χ2v) is 5.35. The highest BCUT2D eigenvalue weighted by atomic mass is 35.5. The molecule has 0 spiro atoms. The quantitative estimate of drug-likeness (QED) is 0.764. The first-order valence-electron chi connectivity index (χ1n) is 6.91. The Morgan fingerprint density at radius 2 is 1.95 bits per heavy atom. The minimum atomic E-state index is -4.19. The van der Waals surface area contributed by atoms with Gasteiger partial charge in [-0.2, -0.15) is 18.3 Å². The Balaban J connectivity index is 2.46.